The molecule has 1 heterocycles. The molecule has 0 bridgehead atoms. The summed E-state index contributed by atoms with van der Waals surface area (Å²) in [5, 5.41) is 11.8. The van der Waals surface area contributed by atoms with Gasteiger partial charge < -0.3 is 25.8 Å². The lowest BCUT2D eigenvalue weighted by atomic mass is 9.75. The molecule has 5 atom stereocenters. The van der Waals surface area contributed by atoms with Crippen LogP contribution in [0.25, 0.3) is 0 Å². The minimum Gasteiger partial charge on any atom is -0.480 e. The number of nitrogens with zero attached hydrogens (tertiary/aromatic N) is 1. The molecule has 13 heteroatoms. The second-order valence-electron chi connectivity index (χ2n) is 15.1. The number of ketones is 4. The fourth-order valence-corrected chi connectivity index (χ4v) is 8.00. The fraction of sp³-hybridized carbons (Fsp3) is 0.800. The van der Waals surface area contributed by atoms with Gasteiger partial charge in [0.15, 0.2) is 11.6 Å². The average molecular weight is 748 g/mol. The molecule has 1 saturated heterocycles. The minimum atomic E-state index is -1.19. The zero-order chi connectivity index (χ0) is 39.5. The Morgan fingerprint density at radius 3 is 2.00 bits per heavy atom. The second-order valence-corrected chi connectivity index (χ2v) is 15.1. The SMILES string of the molecule is CCCCC(NC(=O)CCC(=O)C(=O)C(CCC)CC(=O)[C@@H]1C[C@@H](OCC(=O)O)CN1C(=O)C(CC(=O)C(CCC)CCC)C1CCCCC1)C(N)=O. The number of nitrogens with one attached hydrogen (secondary N) is 1. The molecule has 2 rings (SSSR count). The number of likely N-dealkylation sites (tertiary alicyclic amines) is 1. The third-order valence-electron chi connectivity index (χ3n) is 10.9. The Balaban J connectivity index is 2.28. The molecule has 300 valence electrons. The first-order valence-electron chi connectivity index (χ1n) is 20.1. The number of primary amides is 1. The van der Waals surface area contributed by atoms with Gasteiger partial charge in [0.2, 0.25) is 23.5 Å². The lowest BCUT2D eigenvalue weighted by Crippen LogP contribution is -2.47. The van der Waals surface area contributed by atoms with Gasteiger partial charge in [0.1, 0.15) is 18.4 Å². The molecule has 4 N–H and O–H groups in total. The predicted molar refractivity (Wildman–Crippen MR) is 198 cm³/mol. The highest BCUT2D eigenvalue weighted by Gasteiger charge is 2.45. The number of hydrogen-bond acceptors (Lipinski definition) is 9. The van der Waals surface area contributed by atoms with Gasteiger partial charge in [0, 0.05) is 56.4 Å². The van der Waals surface area contributed by atoms with Gasteiger partial charge in [-0.25, -0.2) is 4.79 Å². The van der Waals surface area contributed by atoms with Crippen LogP contribution in [0.15, 0.2) is 0 Å². The van der Waals surface area contributed by atoms with E-state index in [-0.39, 0.29) is 62.2 Å². The number of ether oxygens (including phenoxy) is 1. The van der Waals surface area contributed by atoms with E-state index >= 15 is 0 Å². The number of Topliss-reactive ketones (excluding diaryl/α,β-unsaturated/α-hetero) is 4. The second kappa shape index (κ2) is 24.0. The summed E-state index contributed by atoms with van der Waals surface area (Å²) >= 11 is 0. The maximum atomic E-state index is 14.6. The van der Waals surface area contributed by atoms with E-state index in [1.54, 1.807) is 0 Å². The predicted octanol–water partition coefficient (Wildman–Crippen LogP) is 4.88. The highest BCUT2D eigenvalue weighted by atomic mass is 16.5. The number of carbonyl (C=O) groups is 8. The van der Waals surface area contributed by atoms with Crippen molar-refractivity contribution < 1.29 is 48.2 Å². The molecule has 0 aromatic heterocycles. The summed E-state index contributed by atoms with van der Waals surface area (Å²) in [7, 11) is 0. The third-order valence-corrected chi connectivity index (χ3v) is 10.9. The lowest BCUT2D eigenvalue weighted by molar-refractivity contribution is -0.146. The van der Waals surface area contributed by atoms with Crippen molar-refractivity contribution in [2.45, 2.75) is 168 Å². The largest absolute Gasteiger partial charge is 0.480 e. The van der Waals surface area contributed by atoms with E-state index in [1.807, 2.05) is 27.7 Å². The van der Waals surface area contributed by atoms with Gasteiger partial charge in [-0.2, -0.15) is 0 Å². The van der Waals surface area contributed by atoms with Crippen molar-refractivity contribution in [3.8, 4) is 0 Å². The van der Waals surface area contributed by atoms with Crippen molar-refractivity contribution in [2.24, 2.45) is 29.4 Å². The lowest BCUT2D eigenvalue weighted by Gasteiger charge is -2.34. The molecule has 3 unspecified atom stereocenters. The first-order chi connectivity index (χ1) is 25.3. The smallest absolute Gasteiger partial charge is 0.329 e. The summed E-state index contributed by atoms with van der Waals surface area (Å²) in [6.45, 7) is 7.21. The first kappa shape index (κ1) is 45.7. The van der Waals surface area contributed by atoms with Gasteiger partial charge in [-0.05, 0) is 44.4 Å². The van der Waals surface area contributed by atoms with Crippen LogP contribution in [-0.4, -0.2) is 88.2 Å². The Bertz CT molecular complexity index is 1260. The van der Waals surface area contributed by atoms with Crippen LogP contribution in [-0.2, 0) is 43.1 Å². The summed E-state index contributed by atoms with van der Waals surface area (Å²) < 4.78 is 5.59. The number of carboxylic acid groups (broad SMARTS) is 1. The zero-order valence-electron chi connectivity index (χ0n) is 32.5. The Labute approximate surface area is 315 Å². The molecule has 2 fully saturated rings. The zero-order valence-corrected chi connectivity index (χ0v) is 32.5. The van der Waals surface area contributed by atoms with Crippen LogP contribution in [0.1, 0.15) is 150 Å². The van der Waals surface area contributed by atoms with Crippen LogP contribution >= 0.6 is 0 Å². The van der Waals surface area contributed by atoms with Crippen LogP contribution in [0.2, 0.25) is 0 Å². The van der Waals surface area contributed by atoms with Crippen LogP contribution in [0.4, 0.5) is 0 Å². The minimum absolute atomic E-state index is 0.0156. The van der Waals surface area contributed by atoms with Crippen molar-refractivity contribution in [3.63, 3.8) is 0 Å². The average Bonchev–Trinajstić information content (AvgIpc) is 3.57. The van der Waals surface area contributed by atoms with Gasteiger partial charge in [0.25, 0.3) is 0 Å². The summed E-state index contributed by atoms with van der Waals surface area (Å²) in [6, 6.07) is -1.88. The van der Waals surface area contributed by atoms with Crippen LogP contribution in [0, 0.1) is 23.7 Å². The molecule has 0 radical (unpaired) electrons. The highest BCUT2D eigenvalue weighted by molar-refractivity contribution is 6.38. The van der Waals surface area contributed by atoms with Crippen molar-refractivity contribution in [1.82, 2.24) is 10.2 Å². The molecule has 13 nitrogen and oxygen atoms in total. The van der Waals surface area contributed by atoms with Gasteiger partial charge in [-0.1, -0.05) is 79.1 Å². The first-order valence-corrected chi connectivity index (χ1v) is 20.1. The maximum absolute atomic E-state index is 14.6. The van der Waals surface area contributed by atoms with E-state index in [0.29, 0.717) is 19.3 Å². The fourth-order valence-electron chi connectivity index (χ4n) is 8.00. The van der Waals surface area contributed by atoms with E-state index in [0.717, 1.165) is 64.2 Å². The number of hydrogen-bond donors (Lipinski definition) is 3. The topological polar surface area (TPSA) is 207 Å². The van der Waals surface area contributed by atoms with E-state index in [4.69, 9.17) is 10.5 Å². The molecule has 53 heavy (non-hydrogen) atoms. The Hall–Kier alpha value is -3.48. The quantitative estimate of drug-likeness (QED) is 0.0971. The molecule has 1 aliphatic carbocycles. The molecular formula is C40H65N3O10. The number of nitrogens with two attached hydrogens (primary N) is 1. The molecule has 3 amide bonds. The van der Waals surface area contributed by atoms with Gasteiger partial charge >= 0.3 is 5.97 Å². The van der Waals surface area contributed by atoms with Gasteiger partial charge in [-0.15, -0.1) is 0 Å². The van der Waals surface area contributed by atoms with Crippen LogP contribution in [0.5, 0.6) is 0 Å². The molecule has 0 spiro atoms. The molecular weight excluding hydrogens is 682 g/mol. The third kappa shape index (κ3) is 15.1. The number of rotatable bonds is 27. The molecule has 1 saturated carbocycles. The van der Waals surface area contributed by atoms with E-state index in [9.17, 15) is 43.5 Å². The van der Waals surface area contributed by atoms with Gasteiger partial charge in [-0.3, -0.25) is 33.6 Å². The monoisotopic (exact) mass is 747 g/mol. The summed E-state index contributed by atoms with van der Waals surface area (Å²) in [5.74, 6) is -6.46. The van der Waals surface area contributed by atoms with E-state index in [2.05, 4.69) is 5.32 Å². The number of unbranched alkanes of at least 4 members (excludes halogenated alkanes) is 1. The maximum Gasteiger partial charge on any atom is 0.329 e. The van der Waals surface area contributed by atoms with Gasteiger partial charge in [0.05, 0.1) is 12.1 Å². The summed E-state index contributed by atoms with van der Waals surface area (Å²) in [4.78, 5) is 106. The molecule has 1 aliphatic heterocycles. The standard InChI is InChI=1S/C40H65N3O10/c1-5-9-18-31(39(41)51)42-36(47)20-19-33(44)38(50)28(15-8-4)21-35(46)32-22-29(53-25-37(48)49)24-43(32)40(52)30(26-16-11-10-12-17-26)23-34(45)27(13-6-2)14-7-3/h26-32H,5-25H2,1-4H3,(H2,41,51)(H,42,47)(H,48,49)/t28?,29-,30?,31?,32+/m1/s1. The Kier molecular flexibility index (Phi) is 20.7. The van der Waals surface area contributed by atoms with Crippen molar-refractivity contribution in [2.75, 3.05) is 13.2 Å². The van der Waals surface area contributed by atoms with Crippen LogP contribution in [0.3, 0.4) is 0 Å². The Morgan fingerprint density at radius 2 is 1.43 bits per heavy atom. The molecule has 0 aromatic carbocycles. The van der Waals surface area contributed by atoms with E-state index in [1.165, 1.54) is 4.90 Å². The summed E-state index contributed by atoms with van der Waals surface area (Å²) in [5.41, 5.74) is 5.40. The highest BCUT2D eigenvalue weighted by Crippen LogP contribution is 2.37. The van der Waals surface area contributed by atoms with Crippen LogP contribution < -0.4 is 11.1 Å². The normalized spacial score (nSPS) is 19.4. The molecule has 0 aromatic rings. The Morgan fingerprint density at radius 1 is 0.811 bits per heavy atom. The number of carboxylic acids is 1. The van der Waals surface area contributed by atoms with Crippen molar-refractivity contribution in [3.05, 3.63) is 0 Å². The summed E-state index contributed by atoms with van der Waals surface area (Å²) in [6.07, 6.45) is 8.68. The molecule has 2 aliphatic rings. The van der Waals surface area contributed by atoms with Crippen molar-refractivity contribution in [1.29, 1.82) is 0 Å². The van der Waals surface area contributed by atoms with E-state index < -0.39 is 78.2 Å². The van der Waals surface area contributed by atoms with Crippen molar-refractivity contribution >= 4 is 46.8 Å². The number of amides is 3. The number of aliphatic carboxylic acids is 1. The number of carbonyl (C=O) groups excluding carboxylic acids is 7.